The van der Waals surface area contributed by atoms with Gasteiger partial charge in [-0.25, -0.2) is 4.99 Å². The molecule has 6 heteroatoms. The number of phenols is 1. The van der Waals surface area contributed by atoms with E-state index < -0.39 is 5.79 Å². The molecule has 0 radical (unpaired) electrons. The smallest absolute Gasteiger partial charge is 0.258 e. The molecule has 0 amide bonds. The molecule has 2 atom stereocenters. The average molecular weight is 361 g/mol. The zero-order valence-electron chi connectivity index (χ0n) is 15.1. The number of aromatic hydroxyl groups is 1. The van der Waals surface area contributed by atoms with Crippen molar-refractivity contribution in [3.8, 4) is 5.75 Å². The van der Waals surface area contributed by atoms with Gasteiger partial charge in [0.15, 0.2) is 0 Å². The molecule has 5 rings (SSSR count). The summed E-state index contributed by atoms with van der Waals surface area (Å²) in [6, 6.07) is 15.9. The summed E-state index contributed by atoms with van der Waals surface area (Å²) in [4.78, 5) is 6.79. The molecule has 2 aromatic carbocycles. The van der Waals surface area contributed by atoms with Crippen LogP contribution < -0.4 is 5.73 Å². The van der Waals surface area contributed by atoms with Crippen LogP contribution in [0, 0.1) is 5.41 Å². The second kappa shape index (κ2) is 5.97. The van der Waals surface area contributed by atoms with Gasteiger partial charge in [0.25, 0.3) is 5.79 Å². The summed E-state index contributed by atoms with van der Waals surface area (Å²) in [6.45, 7) is 1.62. The average Bonchev–Trinajstić information content (AvgIpc) is 3.28. The summed E-state index contributed by atoms with van der Waals surface area (Å²) in [5.41, 5.74) is 10.1. The van der Waals surface area contributed by atoms with Crippen molar-refractivity contribution in [3.63, 3.8) is 0 Å². The lowest BCUT2D eigenvalue weighted by Crippen LogP contribution is -2.51. The van der Waals surface area contributed by atoms with E-state index in [0.29, 0.717) is 5.56 Å². The lowest BCUT2D eigenvalue weighted by molar-refractivity contribution is 0.0137. The SMILES string of the molecule is N[C@@H]1c2ccccc2CC12CCN(C1(c3ccccc3O)N=CN=N1)CC2. The third-order valence-electron chi connectivity index (χ3n) is 6.54. The molecule has 0 saturated carbocycles. The molecule has 1 fully saturated rings. The maximum atomic E-state index is 10.4. The fourth-order valence-electron chi connectivity index (χ4n) is 5.00. The molecule has 6 nitrogen and oxygen atoms in total. The first-order valence-electron chi connectivity index (χ1n) is 9.47. The van der Waals surface area contributed by atoms with Crippen LogP contribution in [0.25, 0.3) is 0 Å². The Balaban J connectivity index is 1.43. The molecule has 3 aliphatic rings. The van der Waals surface area contributed by atoms with E-state index in [0.717, 1.165) is 32.4 Å². The Hall–Kier alpha value is -2.57. The van der Waals surface area contributed by atoms with Gasteiger partial charge < -0.3 is 10.8 Å². The van der Waals surface area contributed by atoms with Crippen molar-refractivity contribution in [2.75, 3.05) is 13.1 Å². The third-order valence-corrected chi connectivity index (χ3v) is 6.54. The Kier molecular flexibility index (Phi) is 3.67. The molecule has 2 aromatic rings. The van der Waals surface area contributed by atoms with Gasteiger partial charge in [-0.05, 0) is 47.9 Å². The zero-order valence-corrected chi connectivity index (χ0v) is 15.1. The molecule has 1 saturated heterocycles. The molecule has 1 spiro atoms. The Labute approximate surface area is 158 Å². The second-order valence-corrected chi connectivity index (χ2v) is 7.82. The van der Waals surface area contributed by atoms with Gasteiger partial charge in [0.1, 0.15) is 12.1 Å². The van der Waals surface area contributed by atoms with Crippen LogP contribution in [0.1, 0.15) is 35.6 Å². The molecular formula is C21H23N5O. The van der Waals surface area contributed by atoms with Crippen molar-refractivity contribution in [2.45, 2.75) is 31.1 Å². The number of hydrogen-bond acceptors (Lipinski definition) is 6. The second-order valence-electron chi connectivity index (χ2n) is 7.82. The number of hydrogen-bond donors (Lipinski definition) is 2. The van der Waals surface area contributed by atoms with E-state index in [1.54, 1.807) is 6.07 Å². The topological polar surface area (TPSA) is 86.6 Å². The van der Waals surface area contributed by atoms with Gasteiger partial charge >= 0.3 is 0 Å². The highest BCUT2D eigenvalue weighted by Crippen LogP contribution is 2.52. The summed E-state index contributed by atoms with van der Waals surface area (Å²) in [5, 5.41) is 18.9. The van der Waals surface area contributed by atoms with E-state index in [1.807, 2.05) is 18.2 Å². The molecule has 1 aliphatic carbocycles. The van der Waals surface area contributed by atoms with E-state index in [1.165, 1.54) is 17.5 Å². The number of para-hydroxylation sites is 1. The van der Waals surface area contributed by atoms with Gasteiger partial charge in [0.2, 0.25) is 0 Å². The summed E-state index contributed by atoms with van der Waals surface area (Å²) in [7, 11) is 0. The Morgan fingerprint density at radius 1 is 1.04 bits per heavy atom. The number of nitrogens with two attached hydrogens (primary N) is 1. The van der Waals surface area contributed by atoms with Crippen LogP contribution in [0.3, 0.4) is 0 Å². The molecule has 3 N–H and O–H groups in total. The van der Waals surface area contributed by atoms with Crippen LogP contribution in [0.15, 0.2) is 63.8 Å². The number of benzene rings is 2. The van der Waals surface area contributed by atoms with Crippen molar-refractivity contribution in [1.29, 1.82) is 0 Å². The van der Waals surface area contributed by atoms with Gasteiger partial charge in [-0.15, -0.1) is 10.2 Å². The number of phenolic OH excluding ortho intramolecular Hbond substituents is 1. The molecule has 0 bridgehead atoms. The van der Waals surface area contributed by atoms with E-state index in [2.05, 4.69) is 44.4 Å². The highest BCUT2D eigenvalue weighted by atomic mass is 16.3. The van der Waals surface area contributed by atoms with Gasteiger partial charge in [-0.1, -0.05) is 36.4 Å². The van der Waals surface area contributed by atoms with Crippen molar-refractivity contribution in [3.05, 3.63) is 65.2 Å². The molecule has 1 unspecified atom stereocenters. The fraction of sp³-hybridized carbons (Fsp3) is 0.381. The molecule has 2 heterocycles. The van der Waals surface area contributed by atoms with Crippen LogP contribution in [-0.2, 0) is 12.2 Å². The van der Waals surface area contributed by atoms with Crippen LogP contribution >= 0.6 is 0 Å². The highest BCUT2D eigenvalue weighted by molar-refractivity contribution is 5.59. The van der Waals surface area contributed by atoms with Gasteiger partial charge in [0.05, 0.1) is 5.56 Å². The van der Waals surface area contributed by atoms with Crippen molar-refractivity contribution in [1.82, 2.24) is 4.90 Å². The number of piperidine rings is 1. The number of likely N-dealkylation sites (tertiary alicyclic amines) is 1. The number of azo groups is 1. The van der Waals surface area contributed by atoms with E-state index in [9.17, 15) is 5.11 Å². The van der Waals surface area contributed by atoms with E-state index >= 15 is 0 Å². The zero-order chi connectivity index (χ0) is 18.5. The predicted octanol–water partition coefficient (Wildman–Crippen LogP) is 3.33. The first kappa shape index (κ1) is 16.6. The molecule has 0 aromatic heterocycles. The number of rotatable bonds is 2. The summed E-state index contributed by atoms with van der Waals surface area (Å²) in [5.74, 6) is -0.761. The lowest BCUT2D eigenvalue weighted by Gasteiger charge is -2.46. The maximum absolute atomic E-state index is 10.4. The highest BCUT2D eigenvalue weighted by Gasteiger charge is 2.50. The van der Waals surface area contributed by atoms with Gasteiger partial charge in [0, 0.05) is 19.1 Å². The largest absolute Gasteiger partial charge is 0.507 e. The first-order valence-corrected chi connectivity index (χ1v) is 9.47. The number of aliphatic imine (C=N–C) groups is 1. The summed E-state index contributed by atoms with van der Waals surface area (Å²) >= 11 is 0. The van der Waals surface area contributed by atoms with Crippen LogP contribution in [0.4, 0.5) is 0 Å². The quantitative estimate of drug-likeness (QED) is 0.860. The fourth-order valence-corrected chi connectivity index (χ4v) is 5.00. The third kappa shape index (κ3) is 2.37. The molecule has 27 heavy (non-hydrogen) atoms. The predicted molar refractivity (Wildman–Crippen MR) is 103 cm³/mol. The lowest BCUT2D eigenvalue weighted by atomic mass is 9.73. The van der Waals surface area contributed by atoms with Crippen molar-refractivity contribution >= 4 is 6.34 Å². The molecule has 2 aliphatic heterocycles. The number of nitrogens with zero attached hydrogens (tertiary/aromatic N) is 4. The van der Waals surface area contributed by atoms with Gasteiger partial charge in [-0.3, -0.25) is 4.90 Å². The number of fused-ring (bicyclic) bond motifs is 1. The minimum Gasteiger partial charge on any atom is -0.507 e. The normalized spacial score (nSPS) is 28.7. The van der Waals surface area contributed by atoms with Crippen molar-refractivity contribution < 1.29 is 5.11 Å². The van der Waals surface area contributed by atoms with Crippen LogP contribution in [0.2, 0.25) is 0 Å². The Morgan fingerprint density at radius 3 is 2.48 bits per heavy atom. The monoisotopic (exact) mass is 361 g/mol. The maximum Gasteiger partial charge on any atom is 0.258 e. The minimum absolute atomic E-state index is 0.0747. The van der Waals surface area contributed by atoms with Crippen LogP contribution in [-0.4, -0.2) is 29.4 Å². The Bertz CT molecular complexity index is 918. The molecular weight excluding hydrogens is 338 g/mol. The standard InChI is InChI=1S/C21H23N5O/c22-19-16-6-2-1-5-15(16)13-20(19)9-11-26(12-10-20)21(23-14-24-25-21)17-7-3-4-8-18(17)27/h1-8,14,19,27H,9-13,22H2/t19-,21?/m1/s1. The van der Waals surface area contributed by atoms with Crippen LogP contribution in [0.5, 0.6) is 5.75 Å². The summed E-state index contributed by atoms with van der Waals surface area (Å²) < 4.78 is 0. The molecule has 138 valence electrons. The van der Waals surface area contributed by atoms with Crippen molar-refractivity contribution in [2.24, 2.45) is 26.4 Å². The first-order chi connectivity index (χ1) is 13.1. The summed E-state index contributed by atoms with van der Waals surface area (Å²) in [6.07, 6.45) is 4.47. The van der Waals surface area contributed by atoms with E-state index in [4.69, 9.17) is 5.73 Å². The van der Waals surface area contributed by atoms with E-state index in [-0.39, 0.29) is 17.2 Å². The minimum atomic E-state index is -0.956. The Morgan fingerprint density at radius 2 is 1.78 bits per heavy atom. The van der Waals surface area contributed by atoms with Gasteiger partial charge in [-0.2, -0.15) is 0 Å².